The van der Waals surface area contributed by atoms with Crippen molar-refractivity contribution in [1.29, 1.82) is 0 Å². The van der Waals surface area contributed by atoms with E-state index < -0.39 is 12.0 Å². The van der Waals surface area contributed by atoms with Gasteiger partial charge in [0.1, 0.15) is 6.04 Å². The van der Waals surface area contributed by atoms with Crippen LogP contribution < -0.4 is 5.73 Å². The molecule has 0 saturated heterocycles. The van der Waals surface area contributed by atoms with Crippen LogP contribution in [-0.4, -0.2) is 17.1 Å². The van der Waals surface area contributed by atoms with E-state index in [4.69, 9.17) is 10.8 Å². The van der Waals surface area contributed by atoms with Crippen LogP contribution in [0.1, 0.15) is 16.7 Å². The first-order chi connectivity index (χ1) is 9.45. The number of hydrogen-bond donors (Lipinski definition) is 2. The summed E-state index contributed by atoms with van der Waals surface area (Å²) in [4.78, 5) is 10.8. The van der Waals surface area contributed by atoms with Gasteiger partial charge in [0.05, 0.1) is 0 Å². The number of carboxylic acid groups (broad SMARTS) is 1. The van der Waals surface area contributed by atoms with Gasteiger partial charge < -0.3 is 10.8 Å². The highest BCUT2D eigenvalue weighted by Crippen LogP contribution is 2.23. The van der Waals surface area contributed by atoms with Crippen LogP contribution in [0.4, 0.5) is 0 Å². The van der Waals surface area contributed by atoms with Gasteiger partial charge in [-0.3, -0.25) is 4.79 Å². The minimum atomic E-state index is -0.971. The molecule has 0 radical (unpaired) electrons. The minimum absolute atomic E-state index is 0.341. The summed E-state index contributed by atoms with van der Waals surface area (Å²) in [5.41, 5.74) is 11.2. The van der Waals surface area contributed by atoms with Crippen LogP contribution in [0.2, 0.25) is 0 Å². The Labute approximate surface area is 119 Å². The molecule has 3 N–H and O–H groups in total. The summed E-state index contributed by atoms with van der Waals surface area (Å²) in [7, 11) is 0. The van der Waals surface area contributed by atoms with Crippen LogP contribution in [0.25, 0.3) is 11.1 Å². The minimum Gasteiger partial charge on any atom is -0.480 e. The van der Waals surface area contributed by atoms with E-state index in [0.29, 0.717) is 6.42 Å². The van der Waals surface area contributed by atoms with Gasteiger partial charge in [-0.15, -0.1) is 0 Å². The van der Waals surface area contributed by atoms with E-state index >= 15 is 0 Å². The van der Waals surface area contributed by atoms with E-state index in [1.807, 2.05) is 24.3 Å². The molecule has 0 amide bonds. The zero-order valence-electron chi connectivity index (χ0n) is 11.8. The van der Waals surface area contributed by atoms with Crippen LogP contribution in [0.5, 0.6) is 0 Å². The average molecular weight is 269 g/mol. The van der Waals surface area contributed by atoms with Crippen molar-refractivity contribution in [3.63, 3.8) is 0 Å². The van der Waals surface area contributed by atoms with Gasteiger partial charge in [0.25, 0.3) is 0 Å². The fraction of sp³-hybridized carbons (Fsp3) is 0.235. The summed E-state index contributed by atoms with van der Waals surface area (Å²) in [6, 6.07) is 13.4. The molecule has 104 valence electrons. The summed E-state index contributed by atoms with van der Waals surface area (Å²) in [6.45, 7) is 4.14. The Morgan fingerprint density at radius 3 is 2.35 bits per heavy atom. The predicted octanol–water partition coefficient (Wildman–Crippen LogP) is 2.92. The second-order valence-electron chi connectivity index (χ2n) is 5.23. The van der Waals surface area contributed by atoms with Gasteiger partial charge in [0, 0.05) is 0 Å². The highest BCUT2D eigenvalue weighted by Gasteiger charge is 2.12. The Balaban J connectivity index is 2.31. The van der Waals surface area contributed by atoms with Crippen LogP contribution in [0, 0.1) is 13.8 Å². The van der Waals surface area contributed by atoms with Crippen molar-refractivity contribution in [2.24, 2.45) is 5.73 Å². The fourth-order valence-electron chi connectivity index (χ4n) is 2.36. The normalized spacial score (nSPS) is 12.2. The number of rotatable bonds is 4. The third kappa shape index (κ3) is 3.45. The van der Waals surface area contributed by atoms with Crippen molar-refractivity contribution in [3.05, 3.63) is 59.2 Å². The lowest BCUT2D eigenvalue weighted by Gasteiger charge is -2.10. The van der Waals surface area contributed by atoms with Crippen LogP contribution >= 0.6 is 0 Å². The molecule has 0 fully saturated rings. The Morgan fingerprint density at radius 1 is 1.10 bits per heavy atom. The van der Waals surface area contributed by atoms with E-state index in [9.17, 15) is 4.79 Å². The third-order valence-electron chi connectivity index (χ3n) is 3.25. The molecular weight excluding hydrogens is 250 g/mol. The molecule has 1 atom stereocenters. The third-order valence-corrected chi connectivity index (χ3v) is 3.25. The van der Waals surface area contributed by atoms with Crippen molar-refractivity contribution >= 4 is 5.97 Å². The summed E-state index contributed by atoms with van der Waals surface area (Å²) < 4.78 is 0. The molecule has 0 saturated carbocycles. The lowest BCUT2D eigenvalue weighted by molar-refractivity contribution is -0.138. The number of hydrogen-bond acceptors (Lipinski definition) is 2. The van der Waals surface area contributed by atoms with Gasteiger partial charge >= 0.3 is 5.97 Å². The Bertz CT molecular complexity index is 614. The second-order valence-corrected chi connectivity index (χ2v) is 5.23. The van der Waals surface area contributed by atoms with Crippen LogP contribution in [0.3, 0.4) is 0 Å². The lowest BCUT2D eigenvalue weighted by Crippen LogP contribution is -2.32. The van der Waals surface area contributed by atoms with Crippen molar-refractivity contribution in [3.8, 4) is 11.1 Å². The summed E-state index contributed by atoms with van der Waals surface area (Å²) in [5, 5.41) is 8.88. The summed E-state index contributed by atoms with van der Waals surface area (Å²) >= 11 is 0. The van der Waals surface area contributed by atoms with Gasteiger partial charge in [-0.05, 0) is 37.0 Å². The van der Waals surface area contributed by atoms with Gasteiger partial charge in [0.15, 0.2) is 0 Å². The van der Waals surface area contributed by atoms with Gasteiger partial charge in [-0.1, -0.05) is 53.6 Å². The SMILES string of the molecule is Cc1cc(C)cc(-c2cccc(CC(N)C(=O)O)c2)c1. The first-order valence-corrected chi connectivity index (χ1v) is 6.61. The highest BCUT2D eigenvalue weighted by atomic mass is 16.4. The fourth-order valence-corrected chi connectivity index (χ4v) is 2.36. The zero-order chi connectivity index (χ0) is 14.7. The second kappa shape index (κ2) is 5.88. The Hall–Kier alpha value is -2.13. The van der Waals surface area contributed by atoms with Crippen LogP contribution in [-0.2, 0) is 11.2 Å². The number of benzene rings is 2. The molecule has 0 aromatic heterocycles. The molecule has 20 heavy (non-hydrogen) atoms. The maximum atomic E-state index is 10.8. The molecule has 2 aromatic carbocycles. The highest BCUT2D eigenvalue weighted by molar-refractivity contribution is 5.74. The maximum Gasteiger partial charge on any atom is 0.320 e. The van der Waals surface area contributed by atoms with E-state index in [-0.39, 0.29) is 0 Å². The number of carbonyl (C=O) groups is 1. The number of aryl methyl sites for hydroxylation is 2. The molecule has 3 nitrogen and oxygen atoms in total. The first kappa shape index (κ1) is 14.3. The van der Waals surface area contributed by atoms with Crippen molar-refractivity contribution in [1.82, 2.24) is 0 Å². The molecule has 0 aliphatic heterocycles. The van der Waals surface area contributed by atoms with Gasteiger partial charge in [-0.25, -0.2) is 0 Å². The first-order valence-electron chi connectivity index (χ1n) is 6.61. The van der Waals surface area contributed by atoms with Crippen molar-refractivity contribution < 1.29 is 9.90 Å². The van der Waals surface area contributed by atoms with Crippen molar-refractivity contribution in [2.75, 3.05) is 0 Å². The largest absolute Gasteiger partial charge is 0.480 e. The standard InChI is InChI=1S/C17H19NO2/c1-11-6-12(2)8-15(7-11)14-5-3-4-13(9-14)10-16(18)17(19)20/h3-9,16H,10,18H2,1-2H3,(H,19,20). The summed E-state index contributed by atoms with van der Waals surface area (Å²) in [5.74, 6) is -0.971. The molecular formula is C17H19NO2. The van der Waals surface area contributed by atoms with E-state index in [1.54, 1.807) is 0 Å². The molecule has 0 heterocycles. The number of nitrogens with two attached hydrogens (primary N) is 1. The monoisotopic (exact) mass is 269 g/mol. The van der Waals surface area contributed by atoms with Gasteiger partial charge in [0.2, 0.25) is 0 Å². The average Bonchev–Trinajstić information content (AvgIpc) is 2.37. The molecule has 0 aliphatic carbocycles. The molecule has 0 aliphatic rings. The summed E-state index contributed by atoms with van der Waals surface area (Å²) in [6.07, 6.45) is 0.341. The molecule has 2 aromatic rings. The maximum absolute atomic E-state index is 10.8. The molecule has 2 rings (SSSR count). The smallest absolute Gasteiger partial charge is 0.320 e. The molecule has 3 heteroatoms. The molecule has 1 unspecified atom stereocenters. The van der Waals surface area contributed by atoms with Crippen molar-refractivity contribution in [2.45, 2.75) is 26.3 Å². The van der Waals surface area contributed by atoms with E-state index in [2.05, 4.69) is 32.0 Å². The Kier molecular flexibility index (Phi) is 4.20. The van der Waals surface area contributed by atoms with E-state index in [1.165, 1.54) is 11.1 Å². The zero-order valence-corrected chi connectivity index (χ0v) is 11.8. The molecule has 0 spiro atoms. The number of carboxylic acids is 1. The van der Waals surface area contributed by atoms with Gasteiger partial charge in [-0.2, -0.15) is 0 Å². The quantitative estimate of drug-likeness (QED) is 0.897. The predicted molar refractivity (Wildman–Crippen MR) is 80.7 cm³/mol. The topological polar surface area (TPSA) is 63.3 Å². The lowest BCUT2D eigenvalue weighted by atomic mass is 9.97. The Morgan fingerprint density at radius 2 is 1.75 bits per heavy atom. The molecule has 0 bridgehead atoms. The number of aliphatic carboxylic acids is 1. The van der Waals surface area contributed by atoms with E-state index in [0.717, 1.165) is 16.7 Å². The van der Waals surface area contributed by atoms with Crippen LogP contribution in [0.15, 0.2) is 42.5 Å².